The van der Waals surface area contributed by atoms with Gasteiger partial charge in [-0.2, -0.15) is 13.2 Å². The van der Waals surface area contributed by atoms with Crippen LogP contribution in [0.15, 0.2) is 12.1 Å². The third-order valence-corrected chi connectivity index (χ3v) is 3.75. The maximum Gasteiger partial charge on any atom is 0.445 e. The summed E-state index contributed by atoms with van der Waals surface area (Å²) in [6.45, 7) is 0. The van der Waals surface area contributed by atoms with E-state index in [1.54, 1.807) is 0 Å². The summed E-state index contributed by atoms with van der Waals surface area (Å²) in [6.07, 6.45) is -6.08. The van der Waals surface area contributed by atoms with Gasteiger partial charge in [-0.3, -0.25) is 5.32 Å². The SMILES string of the molecule is O=C1Nc2c(O)cc(Cl)cc2[C@](C#CC2(O)CC2)(C(F)(F)F)O1. The number of phenols is 1. The third kappa shape index (κ3) is 2.56. The monoisotopic (exact) mass is 347 g/mol. The van der Waals surface area contributed by atoms with E-state index in [4.69, 9.17) is 11.6 Å². The molecule has 1 saturated carbocycles. The van der Waals surface area contributed by atoms with Crippen LogP contribution in [0.1, 0.15) is 18.4 Å². The second-order valence-electron chi connectivity index (χ2n) is 5.32. The quantitative estimate of drug-likeness (QED) is 0.498. The first-order valence-electron chi connectivity index (χ1n) is 6.43. The van der Waals surface area contributed by atoms with E-state index in [0.717, 1.165) is 12.1 Å². The summed E-state index contributed by atoms with van der Waals surface area (Å²) in [4.78, 5) is 11.6. The number of anilines is 1. The van der Waals surface area contributed by atoms with Crippen LogP contribution in [-0.4, -0.2) is 28.1 Å². The van der Waals surface area contributed by atoms with Crippen molar-refractivity contribution in [3.8, 4) is 17.6 Å². The average Bonchev–Trinajstić information content (AvgIpc) is 3.14. The number of carbonyl (C=O) groups excluding carboxylic acids is 1. The van der Waals surface area contributed by atoms with Gasteiger partial charge in [-0.15, -0.1) is 0 Å². The molecular formula is C14H9ClF3NO4. The number of aromatic hydroxyl groups is 1. The second kappa shape index (κ2) is 4.69. The number of fused-ring (bicyclic) bond motifs is 1. The van der Waals surface area contributed by atoms with Gasteiger partial charge in [-0.1, -0.05) is 17.5 Å². The van der Waals surface area contributed by atoms with Crippen LogP contribution in [0.4, 0.5) is 23.7 Å². The van der Waals surface area contributed by atoms with Gasteiger partial charge >= 0.3 is 12.3 Å². The molecule has 3 N–H and O–H groups in total. The van der Waals surface area contributed by atoms with Crippen LogP contribution < -0.4 is 5.32 Å². The first-order valence-corrected chi connectivity index (χ1v) is 6.81. The van der Waals surface area contributed by atoms with Crippen LogP contribution in [-0.2, 0) is 10.3 Å². The highest BCUT2D eigenvalue weighted by molar-refractivity contribution is 6.31. The number of carbonyl (C=O) groups is 1. The zero-order valence-corrected chi connectivity index (χ0v) is 12.0. The van der Waals surface area contributed by atoms with Crippen molar-refractivity contribution < 1.29 is 32.9 Å². The lowest BCUT2D eigenvalue weighted by Gasteiger charge is -2.36. The molecule has 1 fully saturated rings. The summed E-state index contributed by atoms with van der Waals surface area (Å²) in [6, 6.07) is 1.88. The summed E-state index contributed by atoms with van der Waals surface area (Å²) in [5, 5.41) is 21.3. The number of halogens is 4. The Kier molecular flexibility index (Phi) is 3.22. The summed E-state index contributed by atoms with van der Waals surface area (Å²) in [5.41, 5.74) is -5.98. The minimum atomic E-state index is -5.12. The summed E-state index contributed by atoms with van der Waals surface area (Å²) >= 11 is 5.70. The molecule has 1 aromatic carbocycles. The number of rotatable bonds is 0. The Morgan fingerprint density at radius 1 is 1.30 bits per heavy atom. The number of amides is 1. The molecule has 122 valence electrons. The van der Waals surface area contributed by atoms with Crippen molar-refractivity contribution in [2.24, 2.45) is 0 Å². The van der Waals surface area contributed by atoms with Crippen molar-refractivity contribution in [3.05, 3.63) is 22.7 Å². The van der Waals surface area contributed by atoms with Gasteiger partial charge in [-0.05, 0) is 24.8 Å². The lowest BCUT2D eigenvalue weighted by atomic mass is 9.89. The normalized spacial score (nSPS) is 24.7. The number of ether oxygens (including phenoxy) is 1. The highest BCUT2D eigenvalue weighted by atomic mass is 35.5. The maximum absolute atomic E-state index is 13.7. The summed E-state index contributed by atoms with van der Waals surface area (Å²) in [7, 11) is 0. The average molecular weight is 348 g/mol. The van der Waals surface area contributed by atoms with Gasteiger partial charge < -0.3 is 14.9 Å². The second-order valence-corrected chi connectivity index (χ2v) is 5.76. The first kappa shape index (κ1) is 15.8. The van der Waals surface area contributed by atoms with Gasteiger partial charge in [0.25, 0.3) is 5.60 Å². The fourth-order valence-corrected chi connectivity index (χ4v) is 2.36. The van der Waals surface area contributed by atoms with E-state index in [-0.39, 0.29) is 17.9 Å². The number of hydrogen-bond acceptors (Lipinski definition) is 4. The highest BCUT2D eigenvalue weighted by Gasteiger charge is 2.62. The van der Waals surface area contributed by atoms with Crippen LogP contribution in [0.25, 0.3) is 0 Å². The van der Waals surface area contributed by atoms with Gasteiger partial charge in [0, 0.05) is 16.7 Å². The molecule has 3 rings (SSSR count). The van der Waals surface area contributed by atoms with Gasteiger partial charge in [0.2, 0.25) is 0 Å². The molecular weight excluding hydrogens is 339 g/mol. The smallest absolute Gasteiger partial charge is 0.445 e. The fraction of sp³-hybridized carbons (Fsp3) is 0.357. The molecule has 2 aliphatic rings. The number of phenolic OH excluding ortho intramolecular Hbond substituents is 1. The molecule has 0 radical (unpaired) electrons. The van der Waals surface area contributed by atoms with Crippen molar-refractivity contribution in [2.45, 2.75) is 30.2 Å². The molecule has 1 heterocycles. The molecule has 1 amide bonds. The maximum atomic E-state index is 13.7. The van der Waals surface area contributed by atoms with Crippen molar-refractivity contribution in [1.82, 2.24) is 0 Å². The Balaban J connectivity index is 2.28. The molecule has 1 aromatic rings. The van der Waals surface area contributed by atoms with Crippen LogP contribution in [0.5, 0.6) is 5.75 Å². The minimum absolute atomic E-state index is 0.193. The highest BCUT2D eigenvalue weighted by Crippen LogP contribution is 2.50. The molecule has 0 aromatic heterocycles. The summed E-state index contributed by atoms with van der Waals surface area (Å²) in [5.74, 6) is 3.30. The van der Waals surface area contributed by atoms with E-state index >= 15 is 0 Å². The minimum Gasteiger partial charge on any atom is -0.506 e. The number of alkyl halides is 3. The Hall–Kier alpha value is -2.11. The van der Waals surface area contributed by atoms with Gasteiger partial charge in [0.15, 0.2) is 0 Å². The predicted molar refractivity (Wildman–Crippen MR) is 72.9 cm³/mol. The molecule has 0 unspecified atom stereocenters. The molecule has 0 saturated heterocycles. The Morgan fingerprint density at radius 2 is 1.96 bits per heavy atom. The molecule has 1 atom stereocenters. The molecule has 1 aliphatic carbocycles. The number of benzene rings is 1. The Labute approximate surface area is 133 Å². The fourth-order valence-electron chi connectivity index (χ4n) is 2.15. The lowest BCUT2D eigenvalue weighted by molar-refractivity contribution is -0.239. The standard InChI is InChI=1S/C14H9ClF3NO4/c15-7-5-8-10(9(20)6-7)19-11(21)23-13(8,14(16,17)18)4-3-12(22)1-2-12/h5-6,20,22H,1-2H2,(H,19,21)/t13-/m1/s1. The topological polar surface area (TPSA) is 78.8 Å². The Morgan fingerprint density at radius 3 is 2.52 bits per heavy atom. The lowest BCUT2D eigenvalue weighted by Crippen LogP contribution is -2.49. The van der Waals surface area contributed by atoms with E-state index in [0.29, 0.717) is 0 Å². The molecule has 9 heteroatoms. The Bertz CT molecular complexity index is 764. The van der Waals surface area contributed by atoms with E-state index < -0.39 is 40.5 Å². The number of hydrogen-bond donors (Lipinski definition) is 3. The number of nitrogens with one attached hydrogen (secondary N) is 1. The molecule has 23 heavy (non-hydrogen) atoms. The van der Waals surface area contributed by atoms with E-state index in [1.807, 2.05) is 11.2 Å². The molecule has 5 nitrogen and oxygen atoms in total. The van der Waals surface area contributed by atoms with E-state index in [2.05, 4.69) is 10.7 Å². The zero-order chi connectivity index (χ0) is 17.0. The molecule has 0 bridgehead atoms. The van der Waals surface area contributed by atoms with Crippen LogP contribution in [0.2, 0.25) is 5.02 Å². The number of aliphatic hydroxyl groups is 1. The summed E-state index contributed by atoms with van der Waals surface area (Å²) < 4.78 is 45.5. The van der Waals surface area contributed by atoms with Crippen LogP contribution in [0, 0.1) is 11.8 Å². The molecule has 0 spiro atoms. The van der Waals surface area contributed by atoms with Crippen molar-refractivity contribution >= 4 is 23.4 Å². The van der Waals surface area contributed by atoms with Crippen molar-refractivity contribution in [1.29, 1.82) is 0 Å². The van der Waals surface area contributed by atoms with Gasteiger partial charge in [-0.25, -0.2) is 4.79 Å². The first-order chi connectivity index (χ1) is 10.6. The zero-order valence-electron chi connectivity index (χ0n) is 11.3. The number of cyclic esters (lactones) is 1. The van der Waals surface area contributed by atoms with E-state index in [1.165, 1.54) is 0 Å². The molecule has 1 aliphatic heterocycles. The van der Waals surface area contributed by atoms with Crippen LogP contribution >= 0.6 is 11.6 Å². The van der Waals surface area contributed by atoms with Crippen molar-refractivity contribution in [2.75, 3.05) is 5.32 Å². The predicted octanol–water partition coefficient (Wildman–Crippen LogP) is 2.89. The largest absolute Gasteiger partial charge is 0.506 e. The van der Waals surface area contributed by atoms with Crippen LogP contribution in [0.3, 0.4) is 0 Å². The van der Waals surface area contributed by atoms with Crippen molar-refractivity contribution in [3.63, 3.8) is 0 Å². The van der Waals surface area contributed by atoms with E-state index in [9.17, 15) is 28.2 Å². The van der Waals surface area contributed by atoms with Gasteiger partial charge in [0.1, 0.15) is 11.4 Å². The van der Waals surface area contributed by atoms with Gasteiger partial charge in [0.05, 0.1) is 5.69 Å². The third-order valence-electron chi connectivity index (χ3n) is 3.53.